The number of ether oxygens (including phenoxy) is 1. The molecule has 3 rings (SSSR count). The van der Waals surface area contributed by atoms with Crippen molar-refractivity contribution in [3.63, 3.8) is 0 Å². The number of nitrogens with zero attached hydrogens (tertiary/aromatic N) is 4. The quantitative estimate of drug-likeness (QED) is 0.872. The zero-order valence-electron chi connectivity index (χ0n) is 13.7. The molecule has 0 aliphatic carbocycles. The lowest BCUT2D eigenvalue weighted by Crippen LogP contribution is -2.38. The molecular formula is C16H24N4OS. The van der Waals surface area contributed by atoms with E-state index in [0.29, 0.717) is 0 Å². The predicted octanol–water partition coefficient (Wildman–Crippen LogP) is 2.75. The molecule has 1 aliphatic heterocycles. The van der Waals surface area contributed by atoms with Gasteiger partial charge in [-0.25, -0.2) is 4.98 Å². The molecule has 0 saturated carbocycles. The Kier molecular flexibility index (Phi) is 4.34. The molecule has 120 valence electrons. The molecule has 2 aromatic heterocycles. The van der Waals surface area contributed by atoms with Crippen LogP contribution in [0.2, 0.25) is 0 Å². The Labute approximate surface area is 135 Å². The summed E-state index contributed by atoms with van der Waals surface area (Å²) in [6.45, 7) is 10.1. The number of morpholine rings is 1. The molecule has 0 spiro atoms. The average Bonchev–Trinajstić information content (AvgIpc) is 3.09. The standard InChI is InChI=1S/C16H24N4OS/c1-16(2,3)14-11-22-15(18-14)13-10-20(7-8-21-13)9-12-5-6-17-19(12)4/h5-6,11,13H,7-10H2,1-4H3/t13-/m0/s1. The molecule has 5 nitrogen and oxygen atoms in total. The maximum Gasteiger partial charge on any atom is 0.123 e. The fourth-order valence-corrected chi connectivity index (χ4v) is 3.65. The molecule has 1 fully saturated rings. The van der Waals surface area contributed by atoms with E-state index < -0.39 is 0 Å². The average molecular weight is 320 g/mol. The third-order valence-corrected chi connectivity index (χ3v) is 4.96. The van der Waals surface area contributed by atoms with Crippen LogP contribution in [-0.4, -0.2) is 39.4 Å². The number of hydrogen-bond donors (Lipinski definition) is 0. The molecule has 0 radical (unpaired) electrons. The smallest absolute Gasteiger partial charge is 0.123 e. The highest BCUT2D eigenvalue weighted by molar-refractivity contribution is 7.09. The first-order chi connectivity index (χ1) is 10.4. The molecule has 0 N–H and O–H groups in total. The molecule has 0 aromatic carbocycles. The third-order valence-electron chi connectivity index (χ3n) is 4.02. The highest BCUT2D eigenvalue weighted by atomic mass is 32.1. The number of aryl methyl sites for hydroxylation is 1. The van der Waals surface area contributed by atoms with Gasteiger partial charge in [0, 0.05) is 43.7 Å². The van der Waals surface area contributed by atoms with Crippen LogP contribution in [0.25, 0.3) is 0 Å². The lowest BCUT2D eigenvalue weighted by atomic mass is 9.93. The fraction of sp³-hybridized carbons (Fsp3) is 0.625. The summed E-state index contributed by atoms with van der Waals surface area (Å²) in [6.07, 6.45) is 1.94. The molecule has 1 aliphatic rings. The van der Waals surface area contributed by atoms with Crippen LogP contribution in [0.4, 0.5) is 0 Å². The first-order valence-corrected chi connectivity index (χ1v) is 8.58. The zero-order valence-corrected chi connectivity index (χ0v) is 14.6. The molecule has 3 heterocycles. The van der Waals surface area contributed by atoms with E-state index in [9.17, 15) is 0 Å². The molecule has 0 amide bonds. The summed E-state index contributed by atoms with van der Waals surface area (Å²) in [5.41, 5.74) is 2.48. The second kappa shape index (κ2) is 6.10. The van der Waals surface area contributed by atoms with E-state index in [1.54, 1.807) is 11.3 Å². The Morgan fingerprint density at radius 2 is 2.23 bits per heavy atom. The van der Waals surface area contributed by atoms with Crippen LogP contribution in [0, 0.1) is 0 Å². The number of thiazole rings is 1. The van der Waals surface area contributed by atoms with E-state index in [2.05, 4.69) is 42.2 Å². The number of rotatable bonds is 3. The van der Waals surface area contributed by atoms with Crippen LogP contribution in [0.3, 0.4) is 0 Å². The largest absolute Gasteiger partial charge is 0.368 e. The van der Waals surface area contributed by atoms with E-state index in [1.807, 2.05) is 17.9 Å². The topological polar surface area (TPSA) is 43.2 Å². The van der Waals surface area contributed by atoms with Crippen LogP contribution >= 0.6 is 11.3 Å². The van der Waals surface area contributed by atoms with Crippen LogP contribution in [-0.2, 0) is 23.7 Å². The van der Waals surface area contributed by atoms with Gasteiger partial charge >= 0.3 is 0 Å². The highest BCUT2D eigenvalue weighted by Crippen LogP contribution is 2.30. The summed E-state index contributed by atoms with van der Waals surface area (Å²) < 4.78 is 7.89. The van der Waals surface area contributed by atoms with Gasteiger partial charge in [-0.2, -0.15) is 5.10 Å². The molecule has 22 heavy (non-hydrogen) atoms. The Bertz CT molecular complexity index is 628. The molecule has 2 aromatic rings. The molecule has 1 atom stereocenters. The van der Waals surface area contributed by atoms with Crippen LogP contribution in [0.5, 0.6) is 0 Å². The normalized spacial score (nSPS) is 20.5. The van der Waals surface area contributed by atoms with E-state index >= 15 is 0 Å². The minimum Gasteiger partial charge on any atom is -0.368 e. The van der Waals surface area contributed by atoms with Gasteiger partial charge in [-0.15, -0.1) is 11.3 Å². The van der Waals surface area contributed by atoms with Gasteiger partial charge in [0.1, 0.15) is 11.1 Å². The second-order valence-electron chi connectivity index (χ2n) is 6.86. The maximum absolute atomic E-state index is 5.95. The Morgan fingerprint density at radius 1 is 1.41 bits per heavy atom. The van der Waals surface area contributed by atoms with Gasteiger partial charge in [0.25, 0.3) is 0 Å². The number of aromatic nitrogens is 3. The van der Waals surface area contributed by atoms with Gasteiger partial charge in [0.2, 0.25) is 0 Å². The van der Waals surface area contributed by atoms with Gasteiger partial charge in [-0.05, 0) is 6.07 Å². The summed E-state index contributed by atoms with van der Waals surface area (Å²) in [5.74, 6) is 0. The Hall–Kier alpha value is -1.24. The maximum atomic E-state index is 5.95. The van der Waals surface area contributed by atoms with Gasteiger partial charge in [-0.3, -0.25) is 9.58 Å². The van der Waals surface area contributed by atoms with Crippen molar-refractivity contribution in [2.45, 2.75) is 38.8 Å². The van der Waals surface area contributed by atoms with Crippen molar-refractivity contribution in [3.8, 4) is 0 Å². The third kappa shape index (κ3) is 3.39. The van der Waals surface area contributed by atoms with Gasteiger partial charge in [-0.1, -0.05) is 20.8 Å². The van der Waals surface area contributed by atoms with Crippen molar-refractivity contribution in [2.75, 3.05) is 19.7 Å². The van der Waals surface area contributed by atoms with Crippen molar-refractivity contribution in [3.05, 3.63) is 34.0 Å². The molecule has 1 saturated heterocycles. The summed E-state index contributed by atoms with van der Waals surface area (Å²) in [5, 5.41) is 7.50. The van der Waals surface area contributed by atoms with E-state index in [-0.39, 0.29) is 11.5 Å². The summed E-state index contributed by atoms with van der Waals surface area (Å²) >= 11 is 1.72. The number of hydrogen-bond acceptors (Lipinski definition) is 5. The van der Waals surface area contributed by atoms with Crippen molar-refractivity contribution >= 4 is 11.3 Å². The zero-order chi connectivity index (χ0) is 15.7. The SMILES string of the molecule is Cn1nccc1CN1CCO[C@H](c2nc(C(C)(C)C)cs2)C1. The first kappa shape index (κ1) is 15.6. The van der Waals surface area contributed by atoms with Gasteiger partial charge in [0.05, 0.1) is 18.0 Å². The summed E-state index contributed by atoms with van der Waals surface area (Å²) in [4.78, 5) is 7.22. The Balaban J connectivity index is 1.68. The molecule has 6 heteroatoms. The highest BCUT2D eigenvalue weighted by Gasteiger charge is 2.26. The van der Waals surface area contributed by atoms with Crippen molar-refractivity contribution in [1.82, 2.24) is 19.7 Å². The predicted molar refractivity (Wildman–Crippen MR) is 88.0 cm³/mol. The van der Waals surface area contributed by atoms with Gasteiger partial charge < -0.3 is 4.74 Å². The van der Waals surface area contributed by atoms with E-state index in [0.717, 1.165) is 36.9 Å². The van der Waals surface area contributed by atoms with E-state index in [1.165, 1.54) is 5.69 Å². The van der Waals surface area contributed by atoms with E-state index in [4.69, 9.17) is 9.72 Å². The van der Waals surface area contributed by atoms with Crippen LogP contribution in [0.15, 0.2) is 17.6 Å². The van der Waals surface area contributed by atoms with Crippen LogP contribution < -0.4 is 0 Å². The first-order valence-electron chi connectivity index (χ1n) is 7.70. The minimum absolute atomic E-state index is 0.0862. The lowest BCUT2D eigenvalue weighted by molar-refractivity contribution is -0.0337. The Morgan fingerprint density at radius 3 is 2.86 bits per heavy atom. The molecule has 0 unspecified atom stereocenters. The van der Waals surface area contributed by atoms with Crippen LogP contribution in [0.1, 0.15) is 43.3 Å². The molecular weight excluding hydrogens is 296 g/mol. The molecule has 0 bridgehead atoms. The monoisotopic (exact) mass is 320 g/mol. The van der Waals surface area contributed by atoms with Crippen molar-refractivity contribution in [2.24, 2.45) is 7.05 Å². The van der Waals surface area contributed by atoms with Crippen molar-refractivity contribution < 1.29 is 4.74 Å². The summed E-state index contributed by atoms with van der Waals surface area (Å²) in [7, 11) is 1.99. The van der Waals surface area contributed by atoms with Crippen molar-refractivity contribution in [1.29, 1.82) is 0 Å². The second-order valence-corrected chi connectivity index (χ2v) is 7.75. The summed E-state index contributed by atoms with van der Waals surface area (Å²) in [6, 6.07) is 2.07. The van der Waals surface area contributed by atoms with Gasteiger partial charge in [0.15, 0.2) is 0 Å². The fourth-order valence-electron chi connectivity index (χ4n) is 2.56. The minimum atomic E-state index is 0.0862. The lowest BCUT2D eigenvalue weighted by Gasteiger charge is -2.31.